The first-order valence-electron chi connectivity index (χ1n) is 7.62. The first-order valence-corrected chi connectivity index (χ1v) is 7.62. The van der Waals surface area contributed by atoms with Crippen LogP contribution in [0.5, 0.6) is 5.75 Å². The normalized spacial score (nSPS) is 12.2. The summed E-state index contributed by atoms with van der Waals surface area (Å²) < 4.78 is 5.94. The highest BCUT2D eigenvalue weighted by atomic mass is 16.5. The largest absolute Gasteiger partial charge is 0.491 e. The van der Waals surface area contributed by atoms with Gasteiger partial charge in [0, 0.05) is 18.8 Å². The van der Waals surface area contributed by atoms with Crippen molar-refractivity contribution in [1.82, 2.24) is 4.98 Å². The number of rotatable bonds is 10. The minimum atomic E-state index is 0.276. The van der Waals surface area contributed by atoms with Crippen molar-refractivity contribution in [2.75, 3.05) is 11.9 Å². The van der Waals surface area contributed by atoms with Crippen LogP contribution in [0.25, 0.3) is 0 Å². The molecule has 0 amide bonds. The molecule has 0 aromatic carbocycles. The lowest BCUT2D eigenvalue weighted by Gasteiger charge is -2.15. The number of anilines is 1. The minimum Gasteiger partial charge on any atom is -0.491 e. The van der Waals surface area contributed by atoms with Gasteiger partial charge in [0.15, 0.2) is 0 Å². The van der Waals surface area contributed by atoms with Gasteiger partial charge in [-0.1, -0.05) is 33.1 Å². The van der Waals surface area contributed by atoms with Gasteiger partial charge in [0.05, 0.1) is 6.10 Å². The Bertz CT molecular complexity index is 341. The van der Waals surface area contributed by atoms with Crippen LogP contribution in [-0.2, 0) is 0 Å². The summed E-state index contributed by atoms with van der Waals surface area (Å²) in [5, 5.41) is 3.28. The lowest BCUT2D eigenvalue weighted by Crippen LogP contribution is -2.12. The Morgan fingerprint density at radius 3 is 2.79 bits per heavy atom. The fourth-order valence-electron chi connectivity index (χ4n) is 1.98. The zero-order valence-electron chi connectivity index (χ0n) is 12.6. The summed E-state index contributed by atoms with van der Waals surface area (Å²) in [6, 6.07) is 3.91. The zero-order valence-corrected chi connectivity index (χ0v) is 12.6. The molecule has 3 nitrogen and oxygen atoms in total. The number of aromatic nitrogens is 1. The Labute approximate surface area is 117 Å². The van der Waals surface area contributed by atoms with Crippen LogP contribution in [-0.4, -0.2) is 17.6 Å². The van der Waals surface area contributed by atoms with Gasteiger partial charge in [0.2, 0.25) is 0 Å². The Kier molecular flexibility index (Phi) is 8.03. The molecule has 0 bridgehead atoms. The smallest absolute Gasteiger partial charge is 0.129 e. The highest BCUT2D eigenvalue weighted by molar-refractivity contribution is 5.40. The van der Waals surface area contributed by atoms with Crippen molar-refractivity contribution in [1.29, 1.82) is 0 Å². The van der Waals surface area contributed by atoms with E-state index in [1.165, 1.54) is 25.7 Å². The summed E-state index contributed by atoms with van der Waals surface area (Å²) in [7, 11) is 0. The number of ether oxygens (including phenoxy) is 1. The lowest BCUT2D eigenvalue weighted by atomic mass is 10.1. The van der Waals surface area contributed by atoms with Gasteiger partial charge >= 0.3 is 0 Å². The number of hydrogen-bond donors (Lipinski definition) is 1. The average molecular weight is 264 g/mol. The number of hydrogen-bond acceptors (Lipinski definition) is 3. The average Bonchev–Trinajstić information content (AvgIpc) is 2.42. The predicted molar refractivity (Wildman–Crippen MR) is 81.9 cm³/mol. The van der Waals surface area contributed by atoms with Gasteiger partial charge in [-0.2, -0.15) is 0 Å². The summed E-state index contributed by atoms with van der Waals surface area (Å²) in [4.78, 5) is 4.28. The molecule has 0 aliphatic heterocycles. The molecule has 3 heteroatoms. The van der Waals surface area contributed by atoms with Crippen LogP contribution in [0.2, 0.25) is 0 Å². The molecule has 108 valence electrons. The maximum atomic E-state index is 5.94. The minimum absolute atomic E-state index is 0.276. The Hall–Kier alpha value is -1.25. The zero-order chi connectivity index (χ0) is 13.9. The van der Waals surface area contributed by atoms with Crippen LogP contribution in [0.4, 0.5) is 5.82 Å². The first kappa shape index (κ1) is 15.8. The van der Waals surface area contributed by atoms with E-state index < -0.39 is 0 Å². The molecule has 0 radical (unpaired) electrons. The van der Waals surface area contributed by atoms with E-state index in [1.54, 1.807) is 6.20 Å². The molecule has 0 fully saturated rings. The van der Waals surface area contributed by atoms with Crippen LogP contribution in [0.3, 0.4) is 0 Å². The molecular weight excluding hydrogens is 236 g/mol. The fourth-order valence-corrected chi connectivity index (χ4v) is 1.98. The molecular formula is C16H28N2O. The summed E-state index contributed by atoms with van der Waals surface area (Å²) in [5.41, 5.74) is 0. The van der Waals surface area contributed by atoms with E-state index in [9.17, 15) is 0 Å². The molecule has 1 aromatic heterocycles. The van der Waals surface area contributed by atoms with Crippen LogP contribution < -0.4 is 10.1 Å². The van der Waals surface area contributed by atoms with E-state index >= 15 is 0 Å². The molecule has 0 saturated carbocycles. The SMILES string of the molecule is CCCCCCC(C)Oc1ccnc(NCCC)c1. The molecule has 19 heavy (non-hydrogen) atoms. The number of nitrogens with zero attached hydrogens (tertiary/aromatic N) is 1. The predicted octanol–water partition coefficient (Wildman–Crippen LogP) is 4.64. The van der Waals surface area contributed by atoms with Gasteiger partial charge in [0.25, 0.3) is 0 Å². The molecule has 1 N–H and O–H groups in total. The molecule has 0 aliphatic rings. The molecule has 1 heterocycles. The van der Waals surface area contributed by atoms with E-state index in [1.807, 2.05) is 12.1 Å². The van der Waals surface area contributed by atoms with E-state index in [2.05, 4.69) is 31.1 Å². The Balaban J connectivity index is 2.34. The Morgan fingerprint density at radius 1 is 1.21 bits per heavy atom. The van der Waals surface area contributed by atoms with E-state index in [0.717, 1.165) is 31.0 Å². The van der Waals surface area contributed by atoms with Crippen molar-refractivity contribution in [3.05, 3.63) is 18.3 Å². The van der Waals surface area contributed by atoms with Gasteiger partial charge in [0.1, 0.15) is 11.6 Å². The quantitative estimate of drug-likeness (QED) is 0.625. The molecule has 1 atom stereocenters. The van der Waals surface area contributed by atoms with Crippen molar-refractivity contribution in [2.24, 2.45) is 0 Å². The van der Waals surface area contributed by atoms with Crippen LogP contribution in [0, 0.1) is 0 Å². The molecule has 0 aliphatic carbocycles. The van der Waals surface area contributed by atoms with Gasteiger partial charge in [-0.25, -0.2) is 4.98 Å². The van der Waals surface area contributed by atoms with Crippen molar-refractivity contribution in [2.45, 2.75) is 65.4 Å². The maximum Gasteiger partial charge on any atom is 0.129 e. The molecule has 1 unspecified atom stereocenters. The standard InChI is InChI=1S/C16H28N2O/c1-4-6-7-8-9-14(3)19-15-10-12-18-16(13-15)17-11-5-2/h10,12-14H,4-9,11H2,1-3H3,(H,17,18). The first-order chi connectivity index (χ1) is 9.26. The second-order valence-corrected chi connectivity index (χ2v) is 5.08. The van der Waals surface area contributed by atoms with Crippen molar-refractivity contribution in [3.8, 4) is 5.75 Å². The van der Waals surface area contributed by atoms with E-state index in [0.29, 0.717) is 0 Å². The van der Waals surface area contributed by atoms with Crippen molar-refractivity contribution < 1.29 is 4.74 Å². The molecule has 1 rings (SSSR count). The highest BCUT2D eigenvalue weighted by Crippen LogP contribution is 2.18. The van der Waals surface area contributed by atoms with Crippen molar-refractivity contribution in [3.63, 3.8) is 0 Å². The summed E-state index contributed by atoms with van der Waals surface area (Å²) in [6.45, 7) is 7.47. The topological polar surface area (TPSA) is 34.1 Å². The lowest BCUT2D eigenvalue weighted by molar-refractivity contribution is 0.206. The number of unbranched alkanes of at least 4 members (excludes halogenated alkanes) is 3. The monoisotopic (exact) mass is 264 g/mol. The molecule has 0 saturated heterocycles. The van der Waals surface area contributed by atoms with Gasteiger partial charge < -0.3 is 10.1 Å². The van der Waals surface area contributed by atoms with Crippen LogP contribution >= 0.6 is 0 Å². The summed E-state index contributed by atoms with van der Waals surface area (Å²) in [6.07, 6.45) is 9.47. The highest BCUT2D eigenvalue weighted by Gasteiger charge is 2.05. The third-order valence-corrected chi connectivity index (χ3v) is 3.09. The van der Waals surface area contributed by atoms with Crippen LogP contribution in [0.15, 0.2) is 18.3 Å². The summed E-state index contributed by atoms with van der Waals surface area (Å²) in [5.74, 6) is 1.81. The second-order valence-electron chi connectivity index (χ2n) is 5.08. The second kappa shape index (κ2) is 9.65. The summed E-state index contributed by atoms with van der Waals surface area (Å²) >= 11 is 0. The van der Waals surface area contributed by atoms with Gasteiger partial charge in [-0.3, -0.25) is 0 Å². The fraction of sp³-hybridized carbons (Fsp3) is 0.688. The van der Waals surface area contributed by atoms with Crippen LogP contribution in [0.1, 0.15) is 59.3 Å². The van der Waals surface area contributed by atoms with E-state index in [-0.39, 0.29) is 6.10 Å². The van der Waals surface area contributed by atoms with E-state index in [4.69, 9.17) is 4.74 Å². The van der Waals surface area contributed by atoms with Crippen molar-refractivity contribution >= 4 is 5.82 Å². The number of pyridine rings is 1. The third kappa shape index (κ3) is 7.04. The third-order valence-electron chi connectivity index (χ3n) is 3.09. The van der Waals surface area contributed by atoms with Gasteiger partial charge in [-0.05, 0) is 32.3 Å². The molecule has 1 aromatic rings. The maximum absolute atomic E-state index is 5.94. The number of nitrogens with one attached hydrogen (secondary N) is 1. The Morgan fingerprint density at radius 2 is 2.05 bits per heavy atom. The molecule has 0 spiro atoms. The van der Waals surface area contributed by atoms with Gasteiger partial charge in [-0.15, -0.1) is 0 Å².